The first-order valence-electron chi connectivity index (χ1n) is 13.0. The molecule has 2 amide bonds. The predicted molar refractivity (Wildman–Crippen MR) is 139 cm³/mol. The number of aliphatic hydroxyl groups excluding tert-OH is 2. The van der Waals surface area contributed by atoms with Crippen LogP contribution in [0.2, 0.25) is 0 Å². The summed E-state index contributed by atoms with van der Waals surface area (Å²) in [4.78, 5) is 35.4. The minimum Gasteiger partial charge on any atom is -0.396 e. The van der Waals surface area contributed by atoms with Crippen LogP contribution in [0.4, 0.5) is 0 Å². The number of rotatable bonds is 4. The zero-order valence-corrected chi connectivity index (χ0v) is 22.3. The second-order valence-corrected chi connectivity index (χ2v) is 12.4. The second kappa shape index (κ2) is 9.54. The Morgan fingerprint density at radius 1 is 1.11 bits per heavy atom. The fourth-order valence-electron chi connectivity index (χ4n) is 6.92. The van der Waals surface area contributed by atoms with Crippen molar-refractivity contribution in [3.05, 3.63) is 40.9 Å². The maximum atomic E-state index is 13.6. The van der Waals surface area contributed by atoms with E-state index in [1.807, 2.05) is 30.0 Å². The van der Waals surface area contributed by atoms with Gasteiger partial charge < -0.3 is 20.0 Å². The van der Waals surface area contributed by atoms with Gasteiger partial charge in [-0.05, 0) is 30.6 Å². The lowest BCUT2D eigenvalue weighted by Gasteiger charge is -2.58. The molecule has 2 fully saturated rings. The lowest BCUT2D eigenvalue weighted by Crippen LogP contribution is -2.58. The monoisotopic (exact) mass is 511 g/mol. The van der Waals surface area contributed by atoms with E-state index in [0.717, 1.165) is 29.1 Å². The summed E-state index contributed by atoms with van der Waals surface area (Å²) in [6.45, 7) is 7.99. The first-order valence-corrected chi connectivity index (χ1v) is 13.9. The van der Waals surface area contributed by atoms with Crippen molar-refractivity contribution < 1.29 is 19.8 Å². The Bertz CT molecular complexity index is 1130. The molecule has 5 atom stereocenters. The highest BCUT2D eigenvalue weighted by Crippen LogP contribution is 2.63. The fraction of sp³-hybridized carbons (Fsp3) is 0.607. The Hall–Kier alpha value is -2.29. The van der Waals surface area contributed by atoms with E-state index in [4.69, 9.17) is 4.98 Å². The number of amides is 2. The second-order valence-electron chi connectivity index (χ2n) is 11.3. The van der Waals surface area contributed by atoms with E-state index in [-0.39, 0.29) is 35.7 Å². The van der Waals surface area contributed by atoms with Gasteiger partial charge in [0.05, 0.1) is 18.4 Å². The number of thiazole rings is 1. The molecular weight excluding hydrogens is 474 g/mol. The third-order valence-electron chi connectivity index (χ3n) is 9.37. The molecule has 36 heavy (non-hydrogen) atoms. The molecule has 1 aliphatic heterocycles. The zero-order valence-electron chi connectivity index (χ0n) is 21.4. The minimum atomic E-state index is -0.629. The van der Waals surface area contributed by atoms with E-state index in [0.29, 0.717) is 39.0 Å². The van der Waals surface area contributed by atoms with Crippen molar-refractivity contribution >= 4 is 23.2 Å². The molecule has 1 saturated carbocycles. The van der Waals surface area contributed by atoms with E-state index in [1.165, 1.54) is 4.88 Å². The molecule has 2 heterocycles. The Morgan fingerprint density at radius 2 is 1.78 bits per heavy atom. The molecule has 8 heteroatoms. The van der Waals surface area contributed by atoms with Gasteiger partial charge in [-0.15, -0.1) is 11.3 Å². The van der Waals surface area contributed by atoms with Gasteiger partial charge in [0.2, 0.25) is 11.8 Å². The van der Waals surface area contributed by atoms with Crippen LogP contribution in [0.3, 0.4) is 0 Å². The summed E-state index contributed by atoms with van der Waals surface area (Å²) in [5, 5.41) is 22.4. The van der Waals surface area contributed by atoms with Gasteiger partial charge in [-0.3, -0.25) is 9.59 Å². The van der Waals surface area contributed by atoms with Gasteiger partial charge in [-0.25, -0.2) is 4.98 Å². The highest BCUT2D eigenvalue weighted by molar-refractivity contribution is 7.15. The minimum absolute atomic E-state index is 0.0442. The van der Waals surface area contributed by atoms with Crippen molar-refractivity contribution in [1.29, 1.82) is 0 Å². The average Bonchev–Trinajstić information content (AvgIpc) is 3.32. The summed E-state index contributed by atoms with van der Waals surface area (Å²) in [5.74, 6) is 0.107. The molecule has 5 rings (SSSR count). The molecule has 1 saturated heterocycles. The van der Waals surface area contributed by atoms with Crippen LogP contribution < -0.4 is 0 Å². The molecule has 2 aliphatic carbocycles. The molecule has 2 N–H and O–H groups in total. The van der Waals surface area contributed by atoms with Crippen LogP contribution in [-0.4, -0.2) is 75.7 Å². The maximum Gasteiger partial charge on any atom is 0.223 e. The number of aliphatic hydroxyl groups is 2. The van der Waals surface area contributed by atoms with E-state index in [9.17, 15) is 19.8 Å². The van der Waals surface area contributed by atoms with E-state index >= 15 is 0 Å². The summed E-state index contributed by atoms with van der Waals surface area (Å²) in [7, 11) is 0. The van der Waals surface area contributed by atoms with Gasteiger partial charge in [0.1, 0.15) is 5.01 Å². The van der Waals surface area contributed by atoms with E-state index < -0.39 is 11.5 Å². The summed E-state index contributed by atoms with van der Waals surface area (Å²) in [6, 6.07) is 10.1. The number of benzene rings is 1. The van der Waals surface area contributed by atoms with E-state index in [1.54, 1.807) is 23.2 Å². The molecule has 2 aromatic rings. The standard InChI is InChI=1S/C28H37N3O4S/c1-18(33)30-11-13-31(14-12-30)24(35)15-20-25-21(36-26(29-25)19-7-5-4-6-8-19)16-22-27(20,2)10-9-23(34)28(22,3)17-32/h4-8,20,22-23,32,34H,9-17H2,1-3H3/t20-,22+,23+,27-,28-/m0/s1. The molecule has 1 aromatic carbocycles. The Morgan fingerprint density at radius 3 is 2.42 bits per heavy atom. The third-order valence-corrected chi connectivity index (χ3v) is 10.5. The van der Waals surface area contributed by atoms with Crippen LogP contribution in [0.5, 0.6) is 0 Å². The average molecular weight is 512 g/mol. The molecular formula is C28H37N3O4S. The Balaban J connectivity index is 1.50. The van der Waals surface area contributed by atoms with Crippen molar-refractivity contribution in [2.45, 2.75) is 58.5 Å². The molecule has 7 nitrogen and oxygen atoms in total. The highest BCUT2D eigenvalue weighted by atomic mass is 32.1. The molecule has 1 aromatic heterocycles. The quantitative estimate of drug-likeness (QED) is 0.657. The first kappa shape index (κ1) is 25.4. The van der Waals surface area contributed by atoms with Crippen molar-refractivity contribution in [2.24, 2.45) is 16.7 Å². The lowest BCUT2D eigenvalue weighted by atomic mass is 9.47. The summed E-state index contributed by atoms with van der Waals surface area (Å²) in [6.07, 6.45) is 1.95. The molecule has 194 valence electrons. The van der Waals surface area contributed by atoms with Crippen LogP contribution in [0, 0.1) is 16.7 Å². The van der Waals surface area contributed by atoms with Crippen molar-refractivity contribution in [3.63, 3.8) is 0 Å². The molecule has 0 spiro atoms. The normalized spacial score (nSPS) is 32.1. The highest BCUT2D eigenvalue weighted by Gasteiger charge is 2.59. The van der Waals surface area contributed by atoms with Crippen LogP contribution in [0.1, 0.15) is 56.5 Å². The predicted octanol–water partition coefficient (Wildman–Crippen LogP) is 3.31. The number of hydrogen-bond acceptors (Lipinski definition) is 6. The van der Waals surface area contributed by atoms with Crippen LogP contribution >= 0.6 is 11.3 Å². The number of hydrogen-bond donors (Lipinski definition) is 2. The summed E-state index contributed by atoms with van der Waals surface area (Å²) >= 11 is 1.68. The number of nitrogens with zero attached hydrogens (tertiary/aromatic N) is 3. The van der Waals surface area contributed by atoms with Crippen LogP contribution in [-0.2, 0) is 16.0 Å². The van der Waals surface area contributed by atoms with Crippen LogP contribution in [0.15, 0.2) is 30.3 Å². The number of aromatic nitrogens is 1. The van der Waals surface area contributed by atoms with Gasteiger partial charge >= 0.3 is 0 Å². The zero-order chi connectivity index (χ0) is 25.7. The number of carbonyl (C=O) groups excluding carboxylic acids is 2. The molecule has 3 aliphatic rings. The Kier molecular flexibility index (Phi) is 6.72. The molecule has 0 unspecified atom stereocenters. The van der Waals surface area contributed by atoms with Gasteiger partial charge in [-0.1, -0.05) is 44.2 Å². The van der Waals surface area contributed by atoms with Gasteiger partial charge in [-0.2, -0.15) is 0 Å². The first-order chi connectivity index (χ1) is 17.2. The van der Waals surface area contributed by atoms with Crippen molar-refractivity contribution in [3.8, 4) is 10.6 Å². The number of piperazine rings is 1. The fourth-order valence-corrected chi connectivity index (χ4v) is 8.10. The largest absolute Gasteiger partial charge is 0.396 e. The van der Waals surface area contributed by atoms with Crippen molar-refractivity contribution in [2.75, 3.05) is 32.8 Å². The SMILES string of the molecule is CC(=O)N1CCN(C(=O)C[C@H]2c3nc(-c4ccccc4)sc3C[C@H]3[C@](C)(CO)[C@H](O)CC[C@]32C)CC1. The topological polar surface area (TPSA) is 94.0 Å². The Labute approximate surface area is 217 Å². The number of carbonyl (C=O) groups is 2. The van der Waals surface area contributed by atoms with E-state index in [2.05, 4.69) is 19.1 Å². The molecule has 0 bridgehead atoms. The maximum absolute atomic E-state index is 13.6. The summed E-state index contributed by atoms with van der Waals surface area (Å²) < 4.78 is 0. The van der Waals surface area contributed by atoms with Gasteiger partial charge in [0.15, 0.2) is 0 Å². The van der Waals surface area contributed by atoms with Crippen LogP contribution in [0.25, 0.3) is 10.6 Å². The third kappa shape index (κ3) is 4.17. The van der Waals surface area contributed by atoms with Gasteiger partial charge in [0.25, 0.3) is 0 Å². The number of fused-ring (bicyclic) bond motifs is 2. The smallest absolute Gasteiger partial charge is 0.223 e. The lowest BCUT2D eigenvalue weighted by molar-refractivity contribution is -0.149. The van der Waals surface area contributed by atoms with Crippen molar-refractivity contribution in [1.82, 2.24) is 14.8 Å². The summed E-state index contributed by atoms with van der Waals surface area (Å²) in [5.41, 5.74) is 1.20. The van der Waals surface area contributed by atoms with Gasteiger partial charge in [0, 0.05) is 61.3 Å². The molecule has 0 radical (unpaired) electrons.